The molecule has 4 N–H and O–H groups in total. The maximum absolute atomic E-state index is 12.3. The Kier molecular flexibility index (Phi) is 9.26. The predicted octanol–water partition coefficient (Wildman–Crippen LogP) is 2.88. The number of ketones is 1. The van der Waals surface area contributed by atoms with E-state index in [4.69, 9.17) is 4.74 Å². The van der Waals surface area contributed by atoms with Crippen LogP contribution in [0.25, 0.3) is 0 Å². The van der Waals surface area contributed by atoms with E-state index in [1.165, 1.54) is 6.07 Å². The molecule has 0 radical (unpaired) electrons. The average molecular weight is 376 g/mol. The van der Waals surface area contributed by atoms with Crippen LogP contribution in [-0.2, 0) is 0 Å². The number of aliphatic hydroxyl groups excluding tert-OH is 1. The van der Waals surface area contributed by atoms with Crippen LogP contribution in [0.4, 0.5) is 0 Å². The zero-order valence-electron chi connectivity index (χ0n) is 15.5. The molecule has 144 valence electrons. The summed E-state index contributed by atoms with van der Waals surface area (Å²) in [6.07, 6.45) is -0.537. The van der Waals surface area contributed by atoms with Gasteiger partial charge in [-0.1, -0.05) is 13.8 Å². The summed E-state index contributed by atoms with van der Waals surface area (Å²) in [5.74, 6) is -0.586. The molecule has 1 aromatic carbocycles. The summed E-state index contributed by atoms with van der Waals surface area (Å²) >= 11 is 0. The molecular formula is C18H30ClNO5. The van der Waals surface area contributed by atoms with E-state index < -0.39 is 6.10 Å². The van der Waals surface area contributed by atoms with Crippen LogP contribution >= 0.6 is 12.4 Å². The number of hydrogen-bond acceptors (Lipinski definition) is 6. The molecule has 0 saturated heterocycles. The standard InChI is InChI=1S/C18H29NO5.ClH/c1-11(2)6-14(22)17-15(23)7-12(20)8-16(17)24-10-13(21)9-19-18(3,4)5;/h7-8,11,13,19-21,23H,6,9-10H2,1-5H3;1H/t13-;/m0./s1. The third kappa shape index (κ3) is 8.43. The van der Waals surface area contributed by atoms with Crippen molar-refractivity contribution in [3.8, 4) is 17.2 Å². The number of carbonyl (C=O) groups is 1. The van der Waals surface area contributed by atoms with Gasteiger partial charge >= 0.3 is 0 Å². The quantitative estimate of drug-likeness (QED) is 0.521. The molecule has 0 unspecified atom stereocenters. The highest BCUT2D eigenvalue weighted by Crippen LogP contribution is 2.34. The number of Topliss-reactive ketones (excluding diaryl/α,β-unsaturated/α-hetero) is 1. The van der Waals surface area contributed by atoms with E-state index in [-0.39, 0.29) is 65.5 Å². The first-order valence-corrected chi connectivity index (χ1v) is 8.14. The summed E-state index contributed by atoms with van der Waals surface area (Å²) in [6, 6.07) is 2.38. The molecule has 0 bridgehead atoms. The molecule has 0 amide bonds. The van der Waals surface area contributed by atoms with E-state index in [1.54, 1.807) is 0 Å². The lowest BCUT2D eigenvalue weighted by atomic mass is 9.99. The van der Waals surface area contributed by atoms with E-state index in [2.05, 4.69) is 5.32 Å². The fraction of sp³-hybridized carbons (Fsp3) is 0.611. The minimum atomic E-state index is -0.790. The fourth-order valence-corrected chi connectivity index (χ4v) is 2.12. The molecule has 0 saturated carbocycles. The molecule has 0 aliphatic heterocycles. The van der Waals surface area contributed by atoms with Gasteiger partial charge in [0.05, 0.1) is 0 Å². The van der Waals surface area contributed by atoms with Crippen LogP contribution in [0, 0.1) is 5.92 Å². The highest BCUT2D eigenvalue weighted by Gasteiger charge is 2.21. The van der Waals surface area contributed by atoms with Crippen molar-refractivity contribution in [3.05, 3.63) is 17.7 Å². The SMILES string of the molecule is CC(C)CC(=O)c1c(O)cc(O)cc1OC[C@@H](O)CNC(C)(C)C.Cl. The van der Waals surface area contributed by atoms with Crippen LogP contribution in [0.15, 0.2) is 12.1 Å². The van der Waals surface area contributed by atoms with Gasteiger partial charge in [-0.3, -0.25) is 4.79 Å². The number of nitrogens with one attached hydrogen (secondary N) is 1. The molecule has 1 aromatic rings. The predicted molar refractivity (Wildman–Crippen MR) is 100 cm³/mol. The van der Waals surface area contributed by atoms with Gasteiger partial charge in [0.1, 0.15) is 35.5 Å². The van der Waals surface area contributed by atoms with Crippen LogP contribution in [0.3, 0.4) is 0 Å². The van der Waals surface area contributed by atoms with Crippen molar-refractivity contribution < 1.29 is 24.9 Å². The van der Waals surface area contributed by atoms with Crippen molar-refractivity contribution in [2.24, 2.45) is 5.92 Å². The first-order valence-electron chi connectivity index (χ1n) is 8.14. The van der Waals surface area contributed by atoms with Gasteiger partial charge < -0.3 is 25.4 Å². The molecule has 0 spiro atoms. The molecule has 25 heavy (non-hydrogen) atoms. The summed E-state index contributed by atoms with van der Waals surface area (Å²) in [5, 5.41) is 32.8. The van der Waals surface area contributed by atoms with Crippen molar-refractivity contribution in [2.75, 3.05) is 13.2 Å². The van der Waals surface area contributed by atoms with Crippen molar-refractivity contribution in [2.45, 2.75) is 52.7 Å². The van der Waals surface area contributed by atoms with E-state index in [0.29, 0.717) is 6.54 Å². The summed E-state index contributed by atoms with van der Waals surface area (Å²) in [6.45, 7) is 10.0. The van der Waals surface area contributed by atoms with Crippen molar-refractivity contribution >= 4 is 18.2 Å². The number of phenolic OH excluding ortho intramolecular Hbond substituents is 2. The third-order valence-electron chi connectivity index (χ3n) is 3.24. The molecular weight excluding hydrogens is 346 g/mol. The normalized spacial score (nSPS) is 12.6. The minimum absolute atomic E-state index is 0. The minimum Gasteiger partial charge on any atom is -0.508 e. The number of β-amino-alcohol motifs (C(OH)–C–C–N with tert-alkyl or cyclic N) is 1. The molecule has 1 atom stereocenters. The lowest BCUT2D eigenvalue weighted by molar-refractivity contribution is 0.0919. The van der Waals surface area contributed by atoms with Crippen molar-refractivity contribution in [1.29, 1.82) is 0 Å². The number of ether oxygens (including phenoxy) is 1. The maximum Gasteiger partial charge on any atom is 0.170 e. The van der Waals surface area contributed by atoms with Gasteiger partial charge in [0, 0.05) is 30.6 Å². The Bertz CT molecular complexity index is 569. The molecule has 6 nitrogen and oxygen atoms in total. The Hall–Kier alpha value is -1.50. The molecule has 0 aliphatic rings. The smallest absolute Gasteiger partial charge is 0.170 e. The van der Waals surface area contributed by atoms with Gasteiger partial charge in [-0.25, -0.2) is 0 Å². The Balaban J connectivity index is 0.00000576. The highest BCUT2D eigenvalue weighted by molar-refractivity contribution is 6.01. The monoisotopic (exact) mass is 375 g/mol. The fourth-order valence-electron chi connectivity index (χ4n) is 2.12. The Morgan fingerprint density at radius 2 is 1.84 bits per heavy atom. The van der Waals surface area contributed by atoms with Gasteiger partial charge in [-0.05, 0) is 26.7 Å². The molecule has 0 aromatic heterocycles. The summed E-state index contributed by atoms with van der Waals surface area (Å²) in [4.78, 5) is 12.3. The number of phenols is 2. The number of carbonyl (C=O) groups excluding carboxylic acids is 1. The van der Waals surface area contributed by atoms with Gasteiger partial charge in [-0.15, -0.1) is 12.4 Å². The largest absolute Gasteiger partial charge is 0.508 e. The Morgan fingerprint density at radius 1 is 1.24 bits per heavy atom. The van der Waals surface area contributed by atoms with Crippen LogP contribution in [0.2, 0.25) is 0 Å². The summed E-state index contributed by atoms with van der Waals surface area (Å²) < 4.78 is 5.50. The van der Waals surface area contributed by atoms with E-state index in [9.17, 15) is 20.1 Å². The number of hydrogen-bond donors (Lipinski definition) is 4. The van der Waals surface area contributed by atoms with Crippen molar-refractivity contribution in [1.82, 2.24) is 5.32 Å². The molecule has 0 heterocycles. The van der Waals surface area contributed by atoms with Crippen LogP contribution in [0.1, 0.15) is 51.4 Å². The summed E-state index contributed by atoms with van der Waals surface area (Å²) in [5.41, 5.74) is -0.0969. The maximum atomic E-state index is 12.3. The number of aliphatic hydroxyl groups is 1. The summed E-state index contributed by atoms with van der Waals surface area (Å²) in [7, 11) is 0. The van der Waals surface area contributed by atoms with Crippen LogP contribution in [-0.4, -0.2) is 45.9 Å². The second-order valence-corrected chi connectivity index (χ2v) is 7.45. The number of aromatic hydroxyl groups is 2. The second kappa shape index (κ2) is 9.85. The number of rotatable bonds is 8. The van der Waals surface area contributed by atoms with Crippen molar-refractivity contribution in [3.63, 3.8) is 0 Å². The van der Waals surface area contributed by atoms with Crippen LogP contribution < -0.4 is 10.1 Å². The average Bonchev–Trinajstić information content (AvgIpc) is 2.40. The van der Waals surface area contributed by atoms with Gasteiger partial charge in [0.25, 0.3) is 0 Å². The van der Waals surface area contributed by atoms with Crippen LogP contribution in [0.5, 0.6) is 17.2 Å². The Morgan fingerprint density at radius 3 is 2.36 bits per heavy atom. The lowest BCUT2D eigenvalue weighted by Crippen LogP contribution is -2.42. The second-order valence-electron chi connectivity index (χ2n) is 7.45. The molecule has 7 heteroatoms. The van der Waals surface area contributed by atoms with E-state index in [0.717, 1.165) is 6.07 Å². The molecule has 0 aliphatic carbocycles. The third-order valence-corrected chi connectivity index (χ3v) is 3.24. The highest BCUT2D eigenvalue weighted by atomic mass is 35.5. The molecule has 1 rings (SSSR count). The van der Waals surface area contributed by atoms with E-state index in [1.807, 2.05) is 34.6 Å². The Labute approximate surface area is 155 Å². The lowest BCUT2D eigenvalue weighted by Gasteiger charge is -2.23. The number of halogens is 1. The van der Waals surface area contributed by atoms with E-state index >= 15 is 0 Å². The first kappa shape index (κ1) is 23.5. The van der Waals surface area contributed by atoms with Gasteiger partial charge in [0.15, 0.2) is 5.78 Å². The van der Waals surface area contributed by atoms with Gasteiger partial charge in [-0.2, -0.15) is 0 Å². The first-order chi connectivity index (χ1) is 11.0. The topological polar surface area (TPSA) is 99.0 Å². The van der Waals surface area contributed by atoms with Gasteiger partial charge in [0.2, 0.25) is 0 Å². The number of benzene rings is 1. The molecule has 0 fully saturated rings. The zero-order valence-corrected chi connectivity index (χ0v) is 16.3. The zero-order chi connectivity index (χ0) is 18.5.